The van der Waals surface area contributed by atoms with Crippen LogP contribution < -0.4 is 27.0 Å². The molecule has 3 aromatic rings. The lowest BCUT2D eigenvalue weighted by Crippen LogP contribution is -2.50. The van der Waals surface area contributed by atoms with E-state index in [1.807, 2.05) is 62.4 Å². The van der Waals surface area contributed by atoms with Crippen molar-refractivity contribution in [1.82, 2.24) is 21.3 Å². The van der Waals surface area contributed by atoms with E-state index in [1.54, 1.807) is 12.1 Å². The number of nitrogens with two attached hydrogens (primary N) is 1. The zero-order valence-corrected chi connectivity index (χ0v) is 24.4. The summed E-state index contributed by atoms with van der Waals surface area (Å²) < 4.78 is 0. The minimum Gasteiger partial charge on any atom is -0.368 e. The van der Waals surface area contributed by atoms with Gasteiger partial charge in [-0.1, -0.05) is 50.2 Å². The first-order chi connectivity index (χ1) is 20.2. The molecule has 3 rings (SSSR count). The zero-order valence-electron chi connectivity index (χ0n) is 23.6. The Morgan fingerprint density at radius 3 is 1.74 bits per heavy atom. The molecular weight excluding hydrogens is 554 g/mol. The number of primary amides is 1. The van der Waals surface area contributed by atoms with Crippen LogP contribution in [0.15, 0.2) is 99.6 Å². The molecule has 5 amide bonds. The molecule has 0 aromatic heterocycles. The third-order valence-electron chi connectivity index (χ3n) is 6.10. The average Bonchev–Trinajstić information content (AvgIpc) is 2.99. The largest absolute Gasteiger partial charge is 0.368 e. The smallest absolute Gasteiger partial charge is 0.251 e. The van der Waals surface area contributed by atoms with Gasteiger partial charge in [-0.25, -0.2) is 0 Å². The lowest BCUT2D eigenvalue weighted by atomic mass is 10.0. The number of nitrogens with one attached hydrogen (secondary N) is 4. The van der Waals surface area contributed by atoms with E-state index in [4.69, 9.17) is 5.73 Å². The highest BCUT2D eigenvalue weighted by Gasteiger charge is 2.29. The van der Waals surface area contributed by atoms with E-state index in [2.05, 4.69) is 45.5 Å². The maximum absolute atomic E-state index is 13.1. The first-order valence-electron chi connectivity index (χ1n) is 13.5. The molecule has 0 heterocycles. The molecule has 1 unspecified atom stereocenters. The van der Waals surface area contributed by atoms with Gasteiger partial charge in [0.1, 0.15) is 6.04 Å². The molecule has 220 valence electrons. The number of rotatable bonds is 14. The fourth-order valence-electron chi connectivity index (χ4n) is 3.95. The Balaban J connectivity index is 1.57. The van der Waals surface area contributed by atoms with Crippen molar-refractivity contribution in [3.63, 3.8) is 0 Å². The van der Waals surface area contributed by atoms with Gasteiger partial charge in [-0.15, -0.1) is 0 Å². The minimum atomic E-state index is -0.817. The number of hydrogen-bond donors (Lipinski definition) is 5. The Hall–Kier alpha value is -4.64. The van der Waals surface area contributed by atoms with Crippen molar-refractivity contribution in [3.05, 3.63) is 90.5 Å². The van der Waals surface area contributed by atoms with Gasteiger partial charge in [-0.3, -0.25) is 24.0 Å². The monoisotopic (exact) mass is 590 g/mol. The Morgan fingerprint density at radius 1 is 0.690 bits per heavy atom. The molecule has 0 radical (unpaired) electrons. The quantitative estimate of drug-likeness (QED) is 0.181. The SMILES string of the molecule is CC(C)C(NC(=O)c1ccc([S+](c2ccccc2)c2ccccc2)cc1)C(=O)NCCC(=O)NCC(=O)NCC(N)=O. The van der Waals surface area contributed by atoms with Crippen molar-refractivity contribution in [1.29, 1.82) is 0 Å². The van der Waals surface area contributed by atoms with Gasteiger partial charge in [0.25, 0.3) is 5.91 Å². The fraction of sp³-hybridized carbons (Fsp3) is 0.258. The highest BCUT2D eigenvalue weighted by Crippen LogP contribution is 2.31. The Morgan fingerprint density at radius 2 is 1.21 bits per heavy atom. The molecule has 0 aliphatic carbocycles. The van der Waals surface area contributed by atoms with Crippen LogP contribution in [0.5, 0.6) is 0 Å². The number of hydrogen-bond acceptors (Lipinski definition) is 5. The van der Waals surface area contributed by atoms with E-state index in [9.17, 15) is 24.0 Å². The van der Waals surface area contributed by atoms with Crippen LogP contribution >= 0.6 is 0 Å². The van der Waals surface area contributed by atoms with Crippen LogP contribution in [0.4, 0.5) is 0 Å². The highest BCUT2D eigenvalue weighted by atomic mass is 32.2. The van der Waals surface area contributed by atoms with E-state index in [0.29, 0.717) is 5.56 Å². The molecule has 10 nitrogen and oxygen atoms in total. The van der Waals surface area contributed by atoms with Crippen LogP contribution in [0.1, 0.15) is 30.6 Å². The molecule has 0 fully saturated rings. The lowest BCUT2D eigenvalue weighted by Gasteiger charge is -2.21. The minimum absolute atomic E-state index is 0.0165. The summed E-state index contributed by atoms with van der Waals surface area (Å²) in [5, 5.41) is 10.1. The van der Waals surface area contributed by atoms with Crippen LogP contribution in [-0.4, -0.2) is 55.2 Å². The van der Waals surface area contributed by atoms with Crippen LogP contribution in [0.25, 0.3) is 0 Å². The van der Waals surface area contributed by atoms with Crippen LogP contribution in [0.2, 0.25) is 0 Å². The van der Waals surface area contributed by atoms with Gasteiger partial charge in [0.15, 0.2) is 14.7 Å². The van der Waals surface area contributed by atoms with E-state index in [0.717, 1.165) is 14.7 Å². The second-order valence-corrected chi connectivity index (χ2v) is 11.7. The van der Waals surface area contributed by atoms with Crippen molar-refractivity contribution >= 4 is 40.4 Å². The van der Waals surface area contributed by atoms with E-state index >= 15 is 0 Å². The van der Waals surface area contributed by atoms with E-state index in [-0.39, 0.29) is 48.8 Å². The predicted octanol–water partition coefficient (Wildman–Crippen LogP) is 1.76. The summed E-state index contributed by atoms with van der Waals surface area (Å²) in [6.07, 6.45) is -0.0696. The normalized spacial score (nSPS) is 11.4. The molecule has 0 bridgehead atoms. The topological polar surface area (TPSA) is 159 Å². The molecule has 1 atom stereocenters. The van der Waals surface area contributed by atoms with Crippen LogP contribution in [-0.2, 0) is 30.1 Å². The second kappa shape index (κ2) is 16.0. The third kappa shape index (κ3) is 9.77. The first-order valence-corrected chi connectivity index (χ1v) is 14.7. The molecule has 0 saturated carbocycles. The third-order valence-corrected chi connectivity index (χ3v) is 8.33. The van der Waals surface area contributed by atoms with Gasteiger partial charge in [-0.2, -0.15) is 0 Å². The maximum Gasteiger partial charge on any atom is 0.251 e. The lowest BCUT2D eigenvalue weighted by molar-refractivity contribution is -0.127. The van der Waals surface area contributed by atoms with Crippen molar-refractivity contribution < 1.29 is 24.0 Å². The molecular formula is C31H36N5O5S+. The molecule has 0 aliphatic rings. The van der Waals surface area contributed by atoms with Crippen molar-refractivity contribution in [2.45, 2.75) is 41.0 Å². The van der Waals surface area contributed by atoms with Gasteiger partial charge in [-0.05, 0) is 54.4 Å². The summed E-state index contributed by atoms with van der Waals surface area (Å²) in [4.78, 5) is 63.6. The molecule has 11 heteroatoms. The molecule has 0 aliphatic heterocycles. The Kier molecular flexibility index (Phi) is 12.1. The molecule has 0 spiro atoms. The molecule has 6 N–H and O–H groups in total. The van der Waals surface area contributed by atoms with Gasteiger partial charge in [0.05, 0.1) is 24.0 Å². The fourth-order valence-corrected chi connectivity index (χ4v) is 6.03. The first kappa shape index (κ1) is 31.9. The average molecular weight is 591 g/mol. The number of carbonyl (C=O) groups excluding carboxylic acids is 5. The van der Waals surface area contributed by atoms with Crippen LogP contribution in [0.3, 0.4) is 0 Å². The van der Waals surface area contributed by atoms with Crippen molar-refractivity contribution in [2.75, 3.05) is 19.6 Å². The summed E-state index contributed by atoms with van der Waals surface area (Å²) in [6.45, 7) is 3.01. The Labute approximate surface area is 248 Å². The number of carbonyl (C=O) groups is 5. The zero-order chi connectivity index (χ0) is 30.5. The molecule has 0 saturated heterocycles. The van der Waals surface area contributed by atoms with Gasteiger partial charge in [0.2, 0.25) is 23.6 Å². The summed E-state index contributed by atoms with van der Waals surface area (Å²) in [5.41, 5.74) is 5.38. The summed E-state index contributed by atoms with van der Waals surface area (Å²) in [6, 6.07) is 27.0. The number of amides is 5. The predicted molar refractivity (Wildman–Crippen MR) is 160 cm³/mol. The van der Waals surface area contributed by atoms with E-state index < -0.39 is 29.7 Å². The Bertz CT molecular complexity index is 1330. The van der Waals surface area contributed by atoms with E-state index in [1.165, 1.54) is 0 Å². The number of benzene rings is 3. The van der Waals surface area contributed by atoms with Crippen LogP contribution in [0, 0.1) is 5.92 Å². The summed E-state index contributed by atoms with van der Waals surface area (Å²) in [5.74, 6) is -2.72. The van der Waals surface area contributed by atoms with Gasteiger partial charge >= 0.3 is 0 Å². The maximum atomic E-state index is 13.1. The summed E-state index contributed by atoms with van der Waals surface area (Å²) >= 11 is 0. The molecule has 3 aromatic carbocycles. The van der Waals surface area contributed by atoms with Crippen molar-refractivity contribution in [3.8, 4) is 0 Å². The van der Waals surface area contributed by atoms with Gasteiger partial charge < -0.3 is 27.0 Å². The standard InChI is InChI=1S/C31H35N5O5S/c1-21(2)29(31(41)33-18-17-27(38)35-20-28(39)34-19-26(32)37)36-30(40)22-13-15-25(16-14-22)42(23-9-5-3-6-10-23)24-11-7-4-8-12-24/h3-16,21,29H,17-20H2,1-2H3,(H5-,32,33,34,35,36,37,38,39,40,41)/p+1. The van der Waals surface area contributed by atoms with Crippen molar-refractivity contribution in [2.24, 2.45) is 11.7 Å². The second-order valence-electron chi connectivity index (χ2n) is 9.71. The molecule has 42 heavy (non-hydrogen) atoms. The highest BCUT2D eigenvalue weighted by molar-refractivity contribution is 7.97. The summed E-state index contributed by atoms with van der Waals surface area (Å²) in [7, 11) is -0.346. The van der Waals surface area contributed by atoms with Gasteiger partial charge in [0, 0.05) is 18.5 Å².